The zero-order valence-electron chi connectivity index (χ0n) is 7.33. The topological polar surface area (TPSA) is 37.8 Å². The first-order valence-electron chi connectivity index (χ1n) is 4.56. The fourth-order valence-corrected chi connectivity index (χ4v) is 1.55. The molecule has 0 aromatic carbocycles. The van der Waals surface area contributed by atoms with Gasteiger partial charge in [0.15, 0.2) is 11.0 Å². The summed E-state index contributed by atoms with van der Waals surface area (Å²) in [5, 5.41) is 3.67. The summed E-state index contributed by atoms with van der Waals surface area (Å²) in [7, 11) is 0. The van der Waals surface area contributed by atoms with Crippen LogP contribution >= 0.6 is 11.6 Å². The molecule has 0 radical (unpaired) electrons. The van der Waals surface area contributed by atoms with E-state index in [1.807, 2.05) is 0 Å². The van der Waals surface area contributed by atoms with E-state index >= 15 is 0 Å². The summed E-state index contributed by atoms with van der Waals surface area (Å²) in [6.07, 6.45) is 7.25. The Morgan fingerprint density at radius 2 is 2.15 bits per heavy atom. The minimum atomic E-state index is 0.460. The average Bonchev–Trinajstić information content (AvgIpc) is 2.05. The molecule has 0 spiro atoms. The Labute approximate surface area is 82.5 Å². The van der Waals surface area contributed by atoms with E-state index in [0.29, 0.717) is 11.0 Å². The van der Waals surface area contributed by atoms with E-state index in [2.05, 4.69) is 15.3 Å². The van der Waals surface area contributed by atoms with Crippen LogP contribution in [-0.2, 0) is 0 Å². The van der Waals surface area contributed by atoms with Crippen molar-refractivity contribution in [3.63, 3.8) is 0 Å². The average molecular weight is 198 g/mol. The highest BCUT2D eigenvalue weighted by Crippen LogP contribution is 2.26. The Bertz CT molecular complexity index is 286. The van der Waals surface area contributed by atoms with E-state index in [1.54, 1.807) is 12.4 Å². The lowest BCUT2D eigenvalue weighted by molar-refractivity contribution is 0.333. The van der Waals surface area contributed by atoms with Gasteiger partial charge in [-0.25, -0.2) is 9.97 Å². The highest BCUT2D eigenvalue weighted by molar-refractivity contribution is 6.31. The molecule has 3 nitrogen and oxygen atoms in total. The van der Waals surface area contributed by atoms with Crippen molar-refractivity contribution >= 4 is 17.4 Å². The van der Waals surface area contributed by atoms with Gasteiger partial charge in [0, 0.05) is 18.9 Å². The van der Waals surface area contributed by atoms with E-state index in [9.17, 15) is 0 Å². The molecule has 1 fully saturated rings. The Morgan fingerprint density at radius 3 is 2.77 bits per heavy atom. The molecule has 0 bridgehead atoms. The molecular weight excluding hydrogens is 186 g/mol. The quantitative estimate of drug-likeness (QED) is 0.809. The standard InChI is InChI=1S/C9H12ClN3/c10-8-9(12-5-4-11-8)13-6-7-2-1-3-7/h4-5,7H,1-3,6H2,(H,12,13). The summed E-state index contributed by atoms with van der Waals surface area (Å²) in [5.41, 5.74) is 0. The van der Waals surface area contributed by atoms with Gasteiger partial charge in [-0.15, -0.1) is 0 Å². The first-order valence-corrected chi connectivity index (χ1v) is 4.94. The van der Waals surface area contributed by atoms with Crippen LogP contribution in [0.4, 0.5) is 5.82 Å². The second kappa shape index (κ2) is 3.92. The fraction of sp³-hybridized carbons (Fsp3) is 0.556. The molecule has 1 aliphatic rings. The highest BCUT2D eigenvalue weighted by atomic mass is 35.5. The maximum absolute atomic E-state index is 5.83. The van der Waals surface area contributed by atoms with Crippen LogP contribution in [-0.4, -0.2) is 16.5 Å². The van der Waals surface area contributed by atoms with Gasteiger partial charge in [0.25, 0.3) is 0 Å². The van der Waals surface area contributed by atoms with Gasteiger partial charge < -0.3 is 5.32 Å². The van der Waals surface area contributed by atoms with Gasteiger partial charge in [0.05, 0.1) is 0 Å². The molecule has 0 saturated heterocycles. The van der Waals surface area contributed by atoms with Crippen LogP contribution in [0.15, 0.2) is 12.4 Å². The van der Waals surface area contributed by atoms with E-state index in [4.69, 9.17) is 11.6 Å². The van der Waals surface area contributed by atoms with E-state index < -0.39 is 0 Å². The van der Waals surface area contributed by atoms with Crippen molar-refractivity contribution in [1.29, 1.82) is 0 Å². The zero-order valence-corrected chi connectivity index (χ0v) is 8.09. The molecule has 4 heteroatoms. The van der Waals surface area contributed by atoms with E-state index in [-0.39, 0.29) is 0 Å². The molecule has 2 rings (SSSR count). The maximum Gasteiger partial charge on any atom is 0.171 e. The molecule has 0 aliphatic heterocycles. The molecule has 1 saturated carbocycles. The Kier molecular flexibility index (Phi) is 2.64. The van der Waals surface area contributed by atoms with Crippen molar-refractivity contribution in [2.75, 3.05) is 11.9 Å². The van der Waals surface area contributed by atoms with Gasteiger partial charge in [-0.3, -0.25) is 0 Å². The molecule has 1 N–H and O–H groups in total. The Balaban J connectivity index is 1.89. The first kappa shape index (κ1) is 8.75. The van der Waals surface area contributed by atoms with Crippen molar-refractivity contribution < 1.29 is 0 Å². The summed E-state index contributed by atoms with van der Waals surface area (Å²) in [4.78, 5) is 8.04. The third-order valence-corrected chi connectivity index (χ3v) is 2.71. The van der Waals surface area contributed by atoms with Crippen molar-refractivity contribution in [2.24, 2.45) is 5.92 Å². The lowest BCUT2D eigenvalue weighted by atomic mass is 9.85. The predicted octanol–water partition coefficient (Wildman–Crippen LogP) is 2.34. The number of rotatable bonds is 3. The molecule has 1 aliphatic carbocycles. The highest BCUT2D eigenvalue weighted by Gasteiger charge is 2.17. The number of hydrogen-bond acceptors (Lipinski definition) is 3. The minimum absolute atomic E-state index is 0.460. The van der Waals surface area contributed by atoms with Crippen molar-refractivity contribution in [3.05, 3.63) is 17.5 Å². The fourth-order valence-electron chi connectivity index (χ4n) is 1.38. The second-order valence-electron chi connectivity index (χ2n) is 3.37. The monoisotopic (exact) mass is 197 g/mol. The van der Waals surface area contributed by atoms with Gasteiger partial charge in [-0.2, -0.15) is 0 Å². The summed E-state index contributed by atoms with van der Waals surface area (Å²) in [6, 6.07) is 0. The number of aromatic nitrogens is 2. The van der Waals surface area contributed by atoms with Gasteiger partial charge >= 0.3 is 0 Å². The Morgan fingerprint density at radius 1 is 1.38 bits per heavy atom. The molecule has 0 unspecified atom stereocenters. The van der Waals surface area contributed by atoms with Crippen LogP contribution in [0.5, 0.6) is 0 Å². The molecule has 0 atom stereocenters. The van der Waals surface area contributed by atoms with Crippen molar-refractivity contribution in [3.8, 4) is 0 Å². The largest absolute Gasteiger partial charge is 0.367 e. The third-order valence-electron chi connectivity index (χ3n) is 2.44. The smallest absolute Gasteiger partial charge is 0.171 e. The van der Waals surface area contributed by atoms with Crippen LogP contribution < -0.4 is 5.32 Å². The summed E-state index contributed by atoms with van der Waals surface area (Å²) >= 11 is 5.83. The molecule has 70 valence electrons. The lowest BCUT2D eigenvalue weighted by Crippen LogP contribution is -2.21. The number of anilines is 1. The van der Waals surface area contributed by atoms with Crippen molar-refractivity contribution in [2.45, 2.75) is 19.3 Å². The minimum Gasteiger partial charge on any atom is -0.367 e. The van der Waals surface area contributed by atoms with Crippen LogP contribution in [0, 0.1) is 5.92 Å². The van der Waals surface area contributed by atoms with E-state index in [1.165, 1.54) is 19.3 Å². The SMILES string of the molecule is Clc1nccnc1NCC1CCC1. The molecule has 1 heterocycles. The normalized spacial score (nSPS) is 16.7. The number of nitrogens with one attached hydrogen (secondary N) is 1. The summed E-state index contributed by atoms with van der Waals surface area (Å²) in [5.74, 6) is 1.51. The maximum atomic E-state index is 5.83. The van der Waals surface area contributed by atoms with Crippen LogP contribution in [0.3, 0.4) is 0 Å². The molecule has 1 aromatic rings. The number of hydrogen-bond donors (Lipinski definition) is 1. The van der Waals surface area contributed by atoms with E-state index in [0.717, 1.165) is 12.5 Å². The van der Waals surface area contributed by atoms with Crippen molar-refractivity contribution in [1.82, 2.24) is 9.97 Å². The summed E-state index contributed by atoms with van der Waals surface area (Å²) in [6.45, 7) is 0.971. The molecule has 0 amide bonds. The molecule has 1 aromatic heterocycles. The lowest BCUT2D eigenvalue weighted by Gasteiger charge is -2.25. The number of halogens is 1. The molecular formula is C9H12ClN3. The van der Waals surface area contributed by atoms with Gasteiger partial charge in [0.1, 0.15) is 0 Å². The molecule has 13 heavy (non-hydrogen) atoms. The van der Waals surface area contributed by atoms with Crippen LogP contribution in [0.2, 0.25) is 5.15 Å². The van der Waals surface area contributed by atoms with Crippen LogP contribution in [0.1, 0.15) is 19.3 Å². The van der Waals surface area contributed by atoms with Gasteiger partial charge in [-0.1, -0.05) is 18.0 Å². The van der Waals surface area contributed by atoms with Gasteiger partial charge in [0.2, 0.25) is 0 Å². The summed E-state index contributed by atoms with van der Waals surface area (Å²) < 4.78 is 0. The first-order chi connectivity index (χ1) is 6.36. The third kappa shape index (κ3) is 2.10. The Hall–Kier alpha value is -0.830. The second-order valence-corrected chi connectivity index (χ2v) is 3.73. The predicted molar refractivity (Wildman–Crippen MR) is 52.9 cm³/mol. The van der Waals surface area contributed by atoms with Gasteiger partial charge in [-0.05, 0) is 18.8 Å². The van der Waals surface area contributed by atoms with Crippen LogP contribution in [0.25, 0.3) is 0 Å². The zero-order chi connectivity index (χ0) is 9.10. The number of nitrogens with zero attached hydrogens (tertiary/aromatic N) is 2.